The van der Waals surface area contributed by atoms with Gasteiger partial charge in [-0.2, -0.15) is 0 Å². The van der Waals surface area contributed by atoms with E-state index in [1.807, 2.05) is 6.07 Å². The third kappa shape index (κ3) is 10.1. The highest BCUT2D eigenvalue weighted by molar-refractivity contribution is 5.78. The molecule has 0 aliphatic carbocycles. The van der Waals surface area contributed by atoms with Crippen LogP contribution in [0.15, 0.2) is 18.2 Å². The first-order valence-corrected chi connectivity index (χ1v) is 13.7. The van der Waals surface area contributed by atoms with E-state index in [0.717, 1.165) is 37.0 Å². The Balaban J connectivity index is 2.72. The molecule has 1 aromatic rings. The summed E-state index contributed by atoms with van der Waals surface area (Å²) in [5.41, 5.74) is 10.3. The Hall–Kier alpha value is -1.51. The Morgan fingerprint density at radius 1 is 0.818 bits per heavy atom. The highest BCUT2D eigenvalue weighted by Gasteiger charge is 2.28. The molecule has 3 heteroatoms. The molecule has 1 unspecified atom stereocenters. The van der Waals surface area contributed by atoms with Crippen LogP contribution in [0, 0.1) is 0 Å². The lowest BCUT2D eigenvalue weighted by atomic mass is 9.76. The summed E-state index contributed by atoms with van der Waals surface area (Å²) < 4.78 is 6.24. The first-order valence-electron chi connectivity index (χ1n) is 13.7. The molecule has 0 heterocycles. The zero-order valence-corrected chi connectivity index (χ0v) is 22.8. The number of unbranched alkanes of at least 4 members (excludes halogenated alkanes) is 9. The van der Waals surface area contributed by atoms with Crippen LogP contribution in [-0.4, -0.2) is 12.0 Å². The minimum Gasteiger partial charge on any atom is -0.480 e. The normalized spacial score (nSPS) is 13.2. The molecule has 0 spiro atoms. The van der Waals surface area contributed by atoms with Gasteiger partial charge in [-0.25, -0.2) is 0 Å². The summed E-state index contributed by atoms with van der Waals surface area (Å²) in [5.74, 6) is 0.166. The van der Waals surface area contributed by atoms with Crippen molar-refractivity contribution in [2.75, 3.05) is 0 Å². The Bertz CT molecular complexity index is 693. The van der Waals surface area contributed by atoms with Crippen LogP contribution in [0.1, 0.15) is 143 Å². The molecule has 1 aromatic carbocycles. The Morgan fingerprint density at radius 3 is 1.82 bits per heavy atom. The SMILES string of the molecule is CCCCCCCCCCCCC(Oc1ccc(C(C)(C)CC)cc1C(C)(C)CC)C([NH])=O. The monoisotopic (exact) mass is 458 g/mol. The van der Waals surface area contributed by atoms with Crippen molar-refractivity contribution in [1.29, 1.82) is 0 Å². The maximum Gasteiger partial charge on any atom is 0.279 e. The summed E-state index contributed by atoms with van der Waals surface area (Å²) in [6.07, 6.45) is 14.6. The predicted octanol–water partition coefficient (Wildman–Crippen LogP) is 8.93. The van der Waals surface area contributed by atoms with Crippen LogP contribution >= 0.6 is 0 Å². The number of hydrogen-bond donors (Lipinski definition) is 0. The van der Waals surface area contributed by atoms with E-state index in [4.69, 9.17) is 10.5 Å². The van der Waals surface area contributed by atoms with Gasteiger partial charge in [0.05, 0.1) is 0 Å². The second-order valence-electron chi connectivity index (χ2n) is 11.1. The summed E-state index contributed by atoms with van der Waals surface area (Å²) in [6.45, 7) is 15.7. The molecule has 1 N–H and O–H groups in total. The first-order chi connectivity index (χ1) is 15.6. The van der Waals surface area contributed by atoms with E-state index in [1.165, 1.54) is 56.9 Å². The molecule has 0 aromatic heterocycles. The Morgan fingerprint density at radius 2 is 1.33 bits per heavy atom. The quantitative estimate of drug-likeness (QED) is 0.206. The highest BCUT2D eigenvalue weighted by Crippen LogP contribution is 2.39. The molecule has 0 saturated heterocycles. The summed E-state index contributed by atoms with van der Waals surface area (Å²) in [6, 6.07) is 6.45. The molecule has 0 aliphatic heterocycles. The summed E-state index contributed by atoms with van der Waals surface area (Å²) in [7, 11) is 0. The average Bonchev–Trinajstić information content (AvgIpc) is 2.79. The minimum atomic E-state index is -0.671. The predicted molar refractivity (Wildman–Crippen MR) is 142 cm³/mol. The maximum absolute atomic E-state index is 12.1. The van der Waals surface area contributed by atoms with Gasteiger partial charge in [0.1, 0.15) is 5.75 Å². The second-order valence-corrected chi connectivity index (χ2v) is 11.1. The lowest BCUT2D eigenvalue weighted by Gasteiger charge is -2.31. The van der Waals surface area contributed by atoms with Crippen molar-refractivity contribution in [3.63, 3.8) is 0 Å². The summed E-state index contributed by atoms with van der Waals surface area (Å²) >= 11 is 0. The second kappa shape index (κ2) is 14.7. The van der Waals surface area contributed by atoms with Crippen molar-refractivity contribution in [3.8, 4) is 5.75 Å². The number of amides is 1. The van der Waals surface area contributed by atoms with Crippen LogP contribution in [0.2, 0.25) is 0 Å². The van der Waals surface area contributed by atoms with Crippen molar-refractivity contribution in [1.82, 2.24) is 5.73 Å². The zero-order valence-electron chi connectivity index (χ0n) is 22.8. The van der Waals surface area contributed by atoms with Gasteiger partial charge in [-0.1, -0.05) is 118 Å². The van der Waals surface area contributed by atoms with E-state index in [1.54, 1.807) is 0 Å². The van der Waals surface area contributed by atoms with Gasteiger partial charge in [-0.15, -0.1) is 0 Å². The van der Waals surface area contributed by atoms with Gasteiger partial charge in [-0.3, -0.25) is 10.5 Å². The molecule has 0 aliphatic rings. The molecule has 1 rings (SSSR count). The van der Waals surface area contributed by atoms with E-state index in [2.05, 4.69) is 60.6 Å². The van der Waals surface area contributed by atoms with Crippen LogP contribution in [0.4, 0.5) is 0 Å². The van der Waals surface area contributed by atoms with Crippen molar-refractivity contribution in [2.24, 2.45) is 0 Å². The number of rotatable bonds is 18. The van der Waals surface area contributed by atoms with Crippen molar-refractivity contribution in [2.45, 2.75) is 149 Å². The molecule has 0 saturated carbocycles. The number of carbonyl (C=O) groups is 1. The highest BCUT2D eigenvalue weighted by atomic mass is 16.5. The molecule has 33 heavy (non-hydrogen) atoms. The minimum absolute atomic E-state index is 0.0537. The van der Waals surface area contributed by atoms with Gasteiger partial charge in [-0.05, 0) is 48.1 Å². The lowest BCUT2D eigenvalue weighted by Crippen LogP contribution is -2.30. The first kappa shape index (κ1) is 29.5. The van der Waals surface area contributed by atoms with Crippen molar-refractivity contribution in [3.05, 3.63) is 29.3 Å². The van der Waals surface area contributed by atoms with Crippen LogP contribution in [0.25, 0.3) is 0 Å². The Kier molecular flexibility index (Phi) is 13.1. The number of hydrogen-bond acceptors (Lipinski definition) is 2. The van der Waals surface area contributed by atoms with Gasteiger partial charge in [0.2, 0.25) is 0 Å². The molecule has 0 fully saturated rings. The van der Waals surface area contributed by atoms with E-state index >= 15 is 0 Å². The van der Waals surface area contributed by atoms with Crippen LogP contribution in [0.3, 0.4) is 0 Å². The van der Waals surface area contributed by atoms with Crippen LogP contribution in [-0.2, 0) is 15.6 Å². The van der Waals surface area contributed by atoms with Crippen molar-refractivity contribution >= 4 is 5.91 Å². The average molecular weight is 459 g/mol. The van der Waals surface area contributed by atoms with Gasteiger partial charge in [0.15, 0.2) is 6.10 Å². The molecule has 1 atom stereocenters. The van der Waals surface area contributed by atoms with Crippen molar-refractivity contribution < 1.29 is 9.53 Å². The molecular weight excluding hydrogens is 406 g/mol. The molecule has 1 amide bonds. The molecule has 1 radical (unpaired) electrons. The summed E-state index contributed by atoms with van der Waals surface area (Å²) in [5, 5.41) is 0. The maximum atomic E-state index is 12.1. The molecule has 0 bridgehead atoms. The number of nitrogens with one attached hydrogen (secondary N) is 1. The van der Waals surface area contributed by atoms with Crippen LogP contribution < -0.4 is 10.5 Å². The third-order valence-corrected chi connectivity index (χ3v) is 7.64. The van der Waals surface area contributed by atoms with Gasteiger partial charge >= 0.3 is 0 Å². The van der Waals surface area contributed by atoms with Gasteiger partial charge in [0, 0.05) is 5.56 Å². The lowest BCUT2D eigenvalue weighted by molar-refractivity contribution is -0.125. The molecule has 3 nitrogen and oxygen atoms in total. The smallest absolute Gasteiger partial charge is 0.279 e. The third-order valence-electron chi connectivity index (χ3n) is 7.64. The fraction of sp³-hybridized carbons (Fsp3) is 0.767. The van der Waals surface area contributed by atoms with E-state index in [-0.39, 0.29) is 10.8 Å². The number of ether oxygens (including phenoxy) is 1. The Labute approximate surface area is 205 Å². The topological polar surface area (TPSA) is 50.1 Å². The largest absolute Gasteiger partial charge is 0.480 e. The fourth-order valence-corrected chi connectivity index (χ4v) is 4.19. The summed E-state index contributed by atoms with van der Waals surface area (Å²) in [4.78, 5) is 12.1. The molecular formula is C30H52NO2. The van der Waals surface area contributed by atoms with E-state index < -0.39 is 12.0 Å². The van der Waals surface area contributed by atoms with E-state index in [9.17, 15) is 4.79 Å². The standard InChI is InChI=1S/C30H52NO2/c1-8-11-12-13-14-15-16-17-18-19-20-27(28(31)32)33-26-22-21-24(29(4,5)9-2)23-25(26)30(6,7)10-3/h21-23,27,31H,8-20H2,1-7H3. The van der Waals surface area contributed by atoms with Gasteiger partial charge in [0.25, 0.3) is 5.91 Å². The van der Waals surface area contributed by atoms with Gasteiger partial charge < -0.3 is 4.74 Å². The van der Waals surface area contributed by atoms with E-state index in [0.29, 0.717) is 6.42 Å². The zero-order chi connectivity index (χ0) is 24.9. The number of carbonyl (C=O) groups excluding carboxylic acids is 1. The number of benzene rings is 1. The molecule has 189 valence electrons. The fourth-order valence-electron chi connectivity index (χ4n) is 4.19. The van der Waals surface area contributed by atoms with Crippen LogP contribution in [0.5, 0.6) is 5.75 Å².